The van der Waals surface area contributed by atoms with Crippen molar-refractivity contribution in [3.63, 3.8) is 0 Å². The van der Waals surface area contributed by atoms with E-state index in [2.05, 4.69) is 15.5 Å². The van der Waals surface area contributed by atoms with Gasteiger partial charge in [0.25, 0.3) is 0 Å². The molecule has 22 heavy (non-hydrogen) atoms. The second-order valence-corrected chi connectivity index (χ2v) is 7.78. The highest BCUT2D eigenvalue weighted by Crippen LogP contribution is 2.27. The van der Waals surface area contributed by atoms with E-state index >= 15 is 0 Å². The first-order chi connectivity index (χ1) is 10.3. The summed E-state index contributed by atoms with van der Waals surface area (Å²) in [5.41, 5.74) is -0.434. The Morgan fingerprint density at radius 3 is 2.77 bits per heavy atom. The number of nitrogens with one attached hydrogen (secondary N) is 2. The molecular weight excluding hydrogens is 278 g/mol. The lowest BCUT2D eigenvalue weighted by molar-refractivity contribution is 0.0506. The number of ether oxygens (including phenoxy) is 1. The molecule has 0 aromatic rings. The lowest BCUT2D eigenvalue weighted by atomic mass is 9.99. The zero-order valence-corrected chi connectivity index (χ0v) is 14.7. The van der Waals surface area contributed by atoms with Crippen LogP contribution in [0.25, 0.3) is 0 Å². The number of hydrogen-bond acceptors (Lipinski definition) is 4. The predicted molar refractivity (Wildman–Crippen MR) is 89.1 cm³/mol. The Labute approximate surface area is 135 Å². The van der Waals surface area contributed by atoms with Gasteiger partial charge >= 0.3 is 6.09 Å². The molecule has 2 aliphatic rings. The number of carbonyl (C=O) groups excluding carboxylic acids is 1. The Bertz CT molecular complexity index is 367. The highest BCUT2D eigenvalue weighted by Gasteiger charge is 2.34. The summed E-state index contributed by atoms with van der Waals surface area (Å²) < 4.78 is 5.28. The van der Waals surface area contributed by atoms with Gasteiger partial charge in [-0.15, -0.1) is 0 Å². The summed E-state index contributed by atoms with van der Waals surface area (Å²) in [4.78, 5) is 14.4. The summed E-state index contributed by atoms with van der Waals surface area (Å²) in [7, 11) is 0. The summed E-state index contributed by atoms with van der Waals surface area (Å²) in [6, 6.07) is 1.50. The molecule has 0 bridgehead atoms. The standard InChI is InChI=1S/C17H33N3O2/c1-13(19-16(21)22-17(2,3)4)8-10-18-14-9-12-20-11-6-5-7-15(14)20/h13-15,18H,5-12H2,1-4H3,(H,19,21). The molecule has 1 amide bonds. The number of rotatable bonds is 5. The summed E-state index contributed by atoms with van der Waals surface area (Å²) in [5.74, 6) is 0. The number of fused-ring (bicyclic) bond motifs is 1. The molecule has 0 saturated carbocycles. The van der Waals surface area contributed by atoms with E-state index in [-0.39, 0.29) is 12.1 Å². The first-order valence-electron chi connectivity index (χ1n) is 8.82. The van der Waals surface area contributed by atoms with Crippen LogP contribution in [0, 0.1) is 0 Å². The molecule has 2 N–H and O–H groups in total. The second-order valence-electron chi connectivity index (χ2n) is 7.78. The minimum Gasteiger partial charge on any atom is -0.444 e. The Kier molecular flexibility index (Phi) is 6.09. The number of hydrogen-bond donors (Lipinski definition) is 2. The maximum absolute atomic E-state index is 11.7. The molecule has 3 unspecified atom stereocenters. The Hall–Kier alpha value is -0.810. The van der Waals surface area contributed by atoms with E-state index in [1.165, 1.54) is 38.8 Å². The van der Waals surface area contributed by atoms with E-state index in [0.29, 0.717) is 6.04 Å². The van der Waals surface area contributed by atoms with Gasteiger partial charge in [0.2, 0.25) is 0 Å². The molecule has 5 heteroatoms. The summed E-state index contributed by atoms with van der Waals surface area (Å²) in [5, 5.41) is 6.61. The fourth-order valence-electron chi connectivity index (χ4n) is 3.55. The first-order valence-corrected chi connectivity index (χ1v) is 8.82. The van der Waals surface area contributed by atoms with Gasteiger partial charge in [0.1, 0.15) is 5.60 Å². The van der Waals surface area contributed by atoms with Crippen LogP contribution in [0.2, 0.25) is 0 Å². The van der Waals surface area contributed by atoms with E-state index in [4.69, 9.17) is 4.74 Å². The first kappa shape index (κ1) is 17.5. The van der Waals surface area contributed by atoms with Crippen molar-refractivity contribution in [1.82, 2.24) is 15.5 Å². The molecule has 0 aromatic carbocycles. The van der Waals surface area contributed by atoms with Gasteiger partial charge in [0.15, 0.2) is 0 Å². The number of nitrogens with zero attached hydrogens (tertiary/aromatic N) is 1. The van der Waals surface area contributed by atoms with Crippen LogP contribution in [0.15, 0.2) is 0 Å². The molecule has 5 nitrogen and oxygen atoms in total. The minimum absolute atomic E-state index is 0.131. The van der Waals surface area contributed by atoms with Crippen LogP contribution < -0.4 is 10.6 Å². The molecule has 2 fully saturated rings. The lowest BCUT2D eigenvalue weighted by Crippen LogP contribution is -2.46. The van der Waals surface area contributed by atoms with Crippen LogP contribution in [0.5, 0.6) is 0 Å². The number of piperidine rings is 1. The van der Waals surface area contributed by atoms with Gasteiger partial charge in [-0.2, -0.15) is 0 Å². The third-order valence-corrected chi connectivity index (χ3v) is 4.60. The molecule has 2 rings (SSSR count). The van der Waals surface area contributed by atoms with Gasteiger partial charge in [-0.25, -0.2) is 4.79 Å². The summed E-state index contributed by atoms with van der Waals surface area (Å²) >= 11 is 0. The van der Waals surface area contributed by atoms with Gasteiger partial charge in [0, 0.05) is 24.7 Å². The minimum atomic E-state index is -0.434. The predicted octanol–water partition coefficient (Wildman–Crippen LogP) is 2.51. The fourth-order valence-corrected chi connectivity index (χ4v) is 3.55. The van der Waals surface area contributed by atoms with Crippen LogP contribution >= 0.6 is 0 Å². The molecule has 0 aromatic heterocycles. The summed E-state index contributed by atoms with van der Waals surface area (Å²) in [6.45, 7) is 11.2. The highest BCUT2D eigenvalue weighted by molar-refractivity contribution is 5.67. The van der Waals surface area contributed by atoms with Crippen LogP contribution in [-0.2, 0) is 4.74 Å². The van der Waals surface area contributed by atoms with Crippen LogP contribution in [-0.4, -0.2) is 54.4 Å². The molecule has 2 heterocycles. The van der Waals surface area contributed by atoms with Crippen molar-refractivity contribution in [1.29, 1.82) is 0 Å². The maximum Gasteiger partial charge on any atom is 0.407 e. The van der Waals surface area contributed by atoms with Crippen molar-refractivity contribution < 1.29 is 9.53 Å². The van der Waals surface area contributed by atoms with Gasteiger partial charge in [-0.05, 0) is 66.5 Å². The number of alkyl carbamates (subject to hydrolysis) is 1. The molecule has 2 aliphatic heterocycles. The average Bonchev–Trinajstić information content (AvgIpc) is 2.80. The second kappa shape index (κ2) is 7.64. The lowest BCUT2D eigenvalue weighted by Gasteiger charge is -2.32. The van der Waals surface area contributed by atoms with Crippen molar-refractivity contribution in [3.05, 3.63) is 0 Å². The van der Waals surface area contributed by atoms with Gasteiger partial charge < -0.3 is 15.4 Å². The molecule has 128 valence electrons. The third-order valence-electron chi connectivity index (χ3n) is 4.60. The van der Waals surface area contributed by atoms with Gasteiger partial charge in [-0.1, -0.05) is 6.42 Å². The van der Waals surface area contributed by atoms with E-state index in [9.17, 15) is 4.79 Å². The Balaban J connectivity index is 1.63. The number of amides is 1. The SMILES string of the molecule is CC(CCNC1CCN2CCCCC12)NC(=O)OC(C)(C)C. The quantitative estimate of drug-likeness (QED) is 0.819. The molecule has 0 aliphatic carbocycles. The number of carbonyl (C=O) groups is 1. The molecule has 0 radical (unpaired) electrons. The Morgan fingerprint density at radius 2 is 2.05 bits per heavy atom. The highest BCUT2D eigenvalue weighted by atomic mass is 16.6. The molecule has 3 atom stereocenters. The summed E-state index contributed by atoms with van der Waals surface area (Å²) in [6.07, 6.45) is 5.94. The van der Waals surface area contributed by atoms with Crippen molar-refractivity contribution >= 4 is 6.09 Å². The van der Waals surface area contributed by atoms with Crippen molar-refractivity contribution in [3.8, 4) is 0 Å². The van der Waals surface area contributed by atoms with Crippen molar-refractivity contribution in [2.75, 3.05) is 19.6 Å². The normalized spacial score (nSPS) is 27.3. The zero-order valence-electron chi connectivity index (χ0n) is 14.7. The van der Waals surface area contributed by atoms with Crippen LogP contribution in [0.3, 0.4) is 0 Å². The van der Waals surface area contributed by atoms with Gasteiger partial charge in [0.05, 0.1) is 0 Å². The van der Waals surface area contributed by atoms with Crippen molar-refractivity contribution in [2.45, 2.75) is 83.5 Å². The fraction of sp³-hybridized carbons (Fsp3) is 0.941. The van der Waals surface area contributed by atoms with Crippen LogP contribution in [0.1, 0.15) is 59.8 Å². The average molecular weight is 311 g/mol. The smallest absolute Gasteiger partial charge is 0.407 e. The third kappa shape index (κ3) is 5.43. The van der Waals surface area contributed by atoms with E-state index in [1.807, 2.05) is 27.7 Å². The molecule has 0 spiro atoms. The zero-order chi connectivity index (χ0) is 16.2. The van der Waals surface area contributed by atoms with E-state index in [1.54, 1.807) is 0 Å². The van der Waals surface area contributed by atoms with E-state index < -0.39 is 5.60 Å². The van der Waals surface area contributed by atoms with Crippen molar-refractivity contribution in [2.24, 2.45) is 0 Å². The topological polar surface area (TPSA) is 53.6 Å². The molecular formula is C17H33N3O2. The molecule has 2 saturated heterocycles. The largest absolute Gasteiger partial charge is 0.444 e. The maximum atomic E-state index is 11.7. The van der Waals surface area contributed by atoms with Gasteiger partial charge in [-0.3, -0.25) is 4.90 Å². The van der Waals surface area contributed by atoms with Crippen LogP contribution in [0.4, 0.5) is 4.79 Å². The monoisotopic (exact) mass is 311 g/mol. The van der Waals surface area contributed by atoms with E-state index in [0.717, 1.165) is 19.0 Å². The Morgan fingerprint density at radius 1 is 1.27 bits per heavy atom.